The molecule has 0 unspecified atom stereocenters. The number of phenolic OH excluding ortho intramolecular Hbond substituents is 2. The number of phenols is 2. The summed E-state index contributed by atoms with van der Waals surface area (Å²) in [6.45, 7) is 0.923. The molecule has 0 aliphatic carbocycles. The number of hydrogen-bond donors (Lipinski definition) is 6. The van der Waals surface area contributed by atoms with Gasteiger partial charge in [-0.1, -0.05) is 24.3 Å². The third kappa shape index (κ3) is 10.3. The first-order valence-corrected chi connectivity index (χ1v) is 20.5. The molecule has 12 nitrogen and oxygen atoms in total. The zero-order valence-corrected chi connectivity index (χ0v) is 37.1. The number of aromatic hydroxyl groups is 2. The van der Waals surface area contributed by atoms with Crippen LogP contribution in [0, 0.1) is 0 Å². The summed E-state index contributed by atoms with van der Waals surface area (Å²) in [6, 6.07) is 15.0. The van der Waals surface area contributed by atoms with Crippen molar-refractivity contribution in [1.29, 1.82) is 0 Å². The van der Waals surface area contributed by atoms with Crippen LogP contribution in [0.4, 0.5) is 75.4 Å². The minimum Gasteiger partial charge on any atom is -0.566 e. The monoisotopic (exact) mass is 1030 g/mol. The minimum atomic E-state index is -6.14. The topological polar surface area (TPSA) is 167 Å². The molecule has 0 heterocycles. The van der Waals surface area contributed by atoms with Crippen LogP contribution in [0.2, 0.25) is 0 Å². The SMILES string of the molecule is [B]Oc1ccc(C(c2ccc(O)c(NC(=O)c3ccc(Oc4ccc(C(=O)Nc5cc(C(c6ccc(O)c(NC)c6)(C(F)(F)F)C(F)(F)F)ccc5O[B])cc4)cc3)c2)(C(F)(F)F)C(F)(F)F)cc1NC(C)=O. The quantitative estimate of drug-likeness (QED) is 0.0354. The molecular weight excluding hydrogens is 998 g/mol. The number of hydrogen-bond acceptors (Lipinski definition) is 9. The van der Waals surface area contributed by atoms with Crippen molar-refractivity contribution in [3.63, 3.8) is 0 Å². The van der Waals surface area contributed by atoms with Gasteiger partial charge < -0.3 is 45.5 Å². The first kappa shape index (κ1) is 54.2. The fraction of sp³-hybridized carbons (Fsp3) is 0.170. The third-order valence-electron chi connectivity index (χ3n) is 11.2. The standard InChI is InChI=1S/C47H32B2F12N4O8/c1-23(66)63-34-21-28(9-17-38(34)72-48)43(46(56,57)58,47(59,60)61)27-8-16-37(68)33(20-27)64-40(69)24-3-11-30(12-4-24)71-31-13-5-25(6-14-31)41(70)65-35-22-29(10-18-39(35)73-49)42(44(50,51)52,45(53,54)55)26-7-15-36(67)32(19-26)62-2/h3-22,62,67-68H,1-2H3,(H,63,66)(H,64,69)(H,65,70). The van der Waals surface area contributed by atoms with Crippen molar-refractivity contribution < 1.29 is 91.3 Å². The van der Waals surface area contributed by atoms with E-state index < -0.39 is 121 Å². The Morgan fingerprint density at radius 1 is 0.452 bits per heavy atom. The predicted octanol–water partition coefficient (Wildman–Crippen LogP) is 11.1. The fourth-order valence-corrected chi connectivity index (χ4v) is 7.79. The number of amides is 3. The van der Waals surface area contributed by atoms with Crippen LogP contribution in [0.1, 0.15) is 49.9 Å². The summed E-state index contributed by atoms with van der Waals surface area (Å²) in [4.78, 5) is 38.3. The van der Waals surface area contributed by atoms with Crippen molar-refractivity contribution in [1.82, 2.24) is 0 Å². The molecule has 73 heavy (non-hydrogen) atoms. The van der Waals surface area contributed by atoms with Gasteiger partial charge in [0.15, 0.2) is 0 Å². The van der Waals surface area contributed by atoms with E-state index in [2.05, 4.69) is 25.3 Å². The molecular formula is C47H32B2F12N4O8. The number of halogens is 12. The van der Waals surface area contributed by atoms with Crippen molar-refractivity contribution in [2.75, 3.05) is 28.3 Å². The predicted molar refractivity (Wildman–Crippen MR) is 240 cm³/mol. The van der Waals surface area contributed by atoms with Crippen molar-refractivity contribution in [2.24, 2.45) is 0 Å². The van der Waals surface area contributed by atoms with E-state index in [9.17, 15) is 77.3 Å². The Balaban J connectivity index is 1.22. The number of ether oxygens (including phenoxy) is 1. The van der Waals surface area contributed by atoms with Crippen molar-refractivity contribution >= 4 is 56.6 Å². The largest absolute Gasteiger partial charge is 0.566 e. The van der Waals surface area contributed by atoms with Gasteiger partial charge in [0.2, 0.25) is 16.7 Å². The summed E-state index contributed by atoms with van der Waals surface area (Å²) < 4.78 is 194. The lowest BCUT2D eigenvalue weighted by Crippen LogP contribution is -2.54. The van der Waals surface area contributed by atoms with E-state index in [0.29, 0.717) is 66.7 Å². The van der Waals surface area contributed by atoms with Crippen LogP contribution in [-0.2, 0) is 15.6 Å². The van der Waals surface area contributed by atoms with E-state index in [0.717, 1.165) is 38.2 Å². The number of benzene rings is 6. The van der Waals surface area contributed by atoms with Gasteiger partial charge >= 0.3 is 40.8 Å². The van der Waals surface area contributed by atoms with Crippen LogP contribution in [-0.4, -0.2) is 75.8 Å². The lowest BCUT2D eigenvalue weighted by atomic mass is 9.72. The molecule has 0 aliphatic rings. The maximum atomic E-state index is 15.0. The zero-order valence-electron chi connectivity index (χ0n) is 37.1. The molecule has 0 fully saturated rings. The summed E-state index contributed by atoms with van der Waals surface area (Å²) >= 11 is 0. The average Bonchev–Trinajstić information content (AvgIpc) is 3.29. The summed E-state index contributed by atoms with van der Waals surface area (Å²) in [6.07, 6.45) is -24.4. The van der Waals surface area contributed by atoms with E-state index in [1.165, 1.54) is 24.3 Å². The maximum Gasteiger partial charge on any atom is 0.411 e. The average molecular weight is 1030 g/mol. The summed E-state index contributed by atoms with van der Waals surface area (Å²) in [5.41, 5.74) is -18.4. The summed E-state index contributed by atoms with van der Waals surface area (Å²) in [7, 11) is 11.5. The molecule has 0 saturated heterocycles. The first-order valence-electron chi connectivity index (χ1n) is 20.5. The van der Waals surface area contributed by atoms with Crippen LogP contribution >= 0.6 is 0 Å². The number of rotatable bonds is 14. The second-order valence-corrected chi connectivity index (χ2v) is 15.6. The smallest absolute Gasteiger partial charge is 0.411 e. The molecule has 6 N–H and O–H groups in total. The molecule has 6 aromatic carbocycles. The van der Waals surface area contributed by atoms with Gasteiger partial charge in [-0.15, -0.1) is 0 Å². The van der Waals surface area contributed by atoms with Gasteiger partial charge in [-0.25, -0.2) is 0 Å². The van der Waals surface area contributed by atoms with Gasteiger partial charge in [0.1, 0.15) is 34.5 Å². The lowest BCUT2D eigenvalue weighted by molar-refractivity contribution is -0.290. The van der Waals surface area contributed by atoms with Crippen LogP contribution in [0.5, 0.6) is 34.5 Å². The van der Waals surface area contributed by atoms with Crippen LogP contribution in [0.15, 0.2) is 121 Å². The van der Waals surface area contributed by atoms with Crippen molar-refractivity contribution in [3.8, 4) is 34.5 Å². The van der Waals surface area contributed by atoms with E-state index in [4.69, 9.17) is 20.8 Å². The van der Waals surface area contributed by atoms with Crippen LogP contribution < -0.4 is 35.3 Å². The molecule has 0 aromatic heterocycles. The highest BCUT2D eigenvalue weighted by atomic mass is 19.4. The highest BCUT2D eigenvalue weighted by Crippen LogP contribution is 2.59. The van der Waals surface area contributed by atoms with Crippen molar-refractivity contribution in [2.45, 2.75) is 42.5 Å². The fourth-order valence-electron chi connectivity index (χ4n) is 7.79. The van der Waals surface area contributed by atoms with Gasteiger partial charge in [0.05, 0.1) is 22.7 Å². The van der Waals surface area contributed by atoms with Gasteiger partial charge in [0.25, 0.3) is 11.8 Å². The Hall–Kier alpha value is -8.18. The number of carbonyl (C=O) groups excluding carboxylic acids is 3. The molecule has 3 amide bonds. The molecule has 6 aromatic rings. The molecule has 6 rings (SSSR count). The summed E-state index contributed by atoms with van der Waals surface area (Å²) in [5, 5.41) is 29.1. The van der Waals surface area contributed by atoms with E-state index in [1.54, 1.807) is 0 Å². The maximum absolute atomic E-state index is 15.0. The van der Waals surface area contributed by atoms with Crippen molar-refractivity contribution in [3.05, 3.63) is 155 Å². The van der Waals surface area contributed by atoms with E-state index >= 15 is 0 Å². The van der Waals surface area contributed by atoms with Gasteiger partial charge in [0, 0.05) is 25.1 Å². The summed E-state index contributed by atoms with van der Waals surface area (Å²) in [5.74, 6) is -5.66. The number of nitrogens with one attached hydrogen (secondary N) is 4. The van der Waals surface area contributed by atoms with Crippen LogP contribution in [0.3, 0.4) is 0 Å². The third-order valence-corrected chi connectivity index (χ3v) is 11.2. The normalized spacial score (nSPS) is 12.4. The molecule has 0 atom stereocenters. The highest BCUT2D eigenvalue weighted by molar-refractivity contribution is 6.07. The Morgan fingerprint density at radius 3 is 1.11 bits per heavy atom. The lowest BCUT2D eigenvalue weighted by Gasteiger charge is -2.38. The van der Waals surface area contributed by atoms with E-state index in [1.807, 2.05) is 5.32 Å². The van der Waals surface area contributed by atoms with Gasteiger partial charge in [-0.05, 0) is 119 Å². The van der Waals surface area contributed by atoms with Gasteiger partial charge in [-0.3, -0.25) is 14.4 Å². The Morgan fingerprint density at radius 2 is 0.767 bits per heavy atom. The molecule has 0 aliphatic heterocycles. The Labute approximate surface area is 407 Å². The molecule has 4 radical (unpaired) electrons. The molecule has 378 valence electrons. The Kier molecular flexibility index (Phi) is 14.9. The number of alkyl halides is 12. The minimum absolute atomic E-state index is 0.0123. The van der Waals surface area contributed by atoms with E-state index in [-0.39, 0.29) is 28.7 Å². The second-order valence-electron chi connectivity index (χ2n) is 15.6. The van der Waals surface area contributed by atoms with Crippen LogP contribution in [0.25, 0.3) is 0 Å². The Bertz CT molecular complexity index is 3010. The highest BCUT2D eigenvalue weighted by Gasteiger charge is 2.74. The second kappa shape index (κ2) is 20.1. The zero-order chi connectivity index (χ0) is 54.1. The molecule has 26 heteroatoms. The molecule has 0 saturated carbocycles. The number of carbonyl (C=O) groups is 3. The van der Waals surface area contributed by atoms with Gasteiger partial charge in [-0.2, -0.15) is 52.7 Å². The molecule has 0 bridgehead atoms. The first-order chi connectivity index (χ1) is 34.0. The number of anilines is 4. The molecule has 0 spiro atoms.